The monoisotopic (exact) mass is 471 g/mol. The number of hydrogen-bond donors (Lipinski definition) is 1. The third-order valence-electron chi connectivity index (χ3n) is 6.00. The van der Waals surface area contributed by atoms with Gasteiger partial charge in [-0.3, -0.25) is 4.79 Å². The molecule has 1 N–H and O–H groups in total. The molecule has 0 spiro atoms. The highest BCUT2D eigenvalue weighted by Crippen LogP contribution is 2.32. The average Bonchev–Trinajstić information content (AvgIpc) is 3.47. The SMILES string of the molecule is COC(=O)c1nc(-c2cccc(-c3ncc(C(=O)NC(C)C4CC4)o3)c2)nn1Cc1ccccc1. The van der Waals surface area contributed by atoms with E-state index in [9.17, 15) is 9.59 Å². The molecule has 1 aliphatic rings. The molecule has 2 heterocycles. The Labute approximate surface area is 202 Å². The normalized spacial score (nSPS) is 13.9. The Morgan fingerprint density at radius 3 is 2.66 bits per heavy atom. The smallest absolute Gasteiger partial charge is 0.375 e. The second kappa shape index (κ2) is 9.54. The summed E-state index contributed by atoms with van der Waals surface area (Å²) in [5.74, 6) is 0.650. The van der Waals surface area contributed by atoms with E-state index in [2.05, 4.69) is 20.4 Å². The predicted molar refractivity (Wildman–Crippen MR) is 127 cm³/mol. The summed E-state index contributed by atoms with van der Waals surface area (Å²) in [7, 11) is 1.31. The number of rotatable bonds is 8. The molecule has 1 aliphatic carbocycles. The fourth-order valence-corrected chi connectivity index (χ4v) is 3.87. The van der Waals surface area contributed by atoms with Gasteiger partial charge >= 0.3 is 5.97 Å². The van der Waals surface area contributed by atoms with Gasteiger partial charge in [0.1, 0.15) is 0 Å². The number of oxazole rings is 1. The van der Waals surface area contributed by atoms with Gasteiger partial charge in [-0.15, -0.1) is 5.10 Å². The lowest BCUT2D eigenvalue weighted by Crippen LogP contribution is -2.33. The van der Waals surface area contributed by atoms with Crippen LogP contribution in [-0.4, -0.2) is 44.8 Å². The maximum absolute atomic E-state index is 12.5. The Morgan fingerprint density at radius 1 is 1.14 bits per heavy atom. The maximum Gasteiger partial charge on any atom is 0.375 e. The predicted octanol–water partition coefficient (Wildman–Crippen LogP) is 3.96. The molecule has 0 aliphatic heterocycles. The number of esters is 1. The molecule has 2 aromatic carbocycles. The molecular formula is C26H25N5O4. The number of carbonyl (C=O) groups excluding carboxylic acids is 2. The molecule has 0 bridgehead atoms. The van der Waals surface area contributed by atoms with Gasteiger partial charge in [0.25, 0.3) is 5.91 Å². The Morgan fingerprint density at radius 2 is 1.91 bits per heavy atom. The number of nitrogens with one attached hydrogen (secondary N) is 1. The van der Waals surface area contributed by atoms with Gasteiger partial charge in [0.15, 0.2) is 5.82 Å². The van der Waals surface area contributed by atoms with Crippen LogP contribution in [0.3, 0.4) is 0 Å². The Hall–Kier alpha value is -4.27. The van der Waals surface area contributed by atoms with E-state index in [0.29, 0.717) is 35.3 Å². The molecule has 1 amide bonds. The minimum absolute atomic E-state index is 0.108. The van der Waals surface area contributed by atoms with Crippen LogP contribution in [0, 0.1) is 5.92 Å². The van der Waals surface area contributed by atoms with Gasteiger partial charge in [0, 0.05) is 17.2 Å². The van der Waals surface area contributed by atoms with Gasteiger partial charge in [0.05, 0.1) is 19.9 Å². The minimum Gasteiger partial charge on any atom is -0.463 e. The highest BCUT2D eigenvalue weighted by atomic mass is 16.5. The standard InChI is InChI=1S/C26H25N5O4/c1-16(18-11-12-18)28-24(32)21-14-27-25(35-21)20-10-6-9-19(13-20)22-29-23(26(33)34-2)31(30-22)15-17-7-4-3-5-8-17/h3-10,13-14,16,18H,11-12,15H2,1-2H3,(H,28,32). The first kappa shape index (κ1) is 22.5. The lowest BCUT2D eigenvalue weighted by molar-refractivity contribution is 0.0580. The summed E-state index contributed by atoms with van der Waals surface area (Å²) in [6.45, 7) is 2.37. The molecule has 1 atom stereocenters. The summed E-state index contributed by atoms with van der Waals surface area (Å²) < 4.78 is 12.2. The molecule has 4 aromatic rings. The van der Waals surface area contributed by atoms with Crippen molar-refractivity contribution in [3.05, 3.63) is 77.9 Å². The summed E-state index contributed by atoms with van der Waals surface area (Å²) in [6.07, 6.45) is 3.71. The lowest BCUT2D eigenvalue weighted by Gasteiger charge is -2.10. The second-order valence-electron chi connectivity index (χ2n) is 8.60. The molecule has 0 radical (unpaired) electrons. The molecule has 1 unspecified atom stereocenters. The number of benzene rings is 2. The van der Waals surface area contributed by atoms with Gasteiger partial charge in [-0.1, -0.05) is 42.5 Å². The third kappa shape index (κ3) is 4.98. The van der Waals surface area contributed by atoms with Crippen molar-refractivity contribution in [1.82, 2.24) is 25.1 Å². The molecule has 0 saturated heterocycles. The van der Waals surface area contributed by atoms with Gasteiger partial charge in [-0.25, -0.2) is 19.4 Å². The highest BCUT2D eigenvalue weighted by molar-refractivity contribution is 5.91. The third-order valence-corrected chi connectivity index (χ3v) is 6.00. The van der Waals surface area contributed by atoms with Gasteiger partial charge in [0.2, 0.25) is 17.5 Å². The number of methoxy groups -OCH3 is 1. The number of aromatic nitrogens is 4. The first-order valence-electron chi connectivity index (χ1n) is 11.5. The Bertz CT molecular complexity index is 1360. The molecule has 178 valence electrons. The van der Waals surface area contributed by atoms with Crippen LogP contribution < -0.4 is 5.32 Å². The zero-order chi connectivity index (χ0) is 24.4. The fraction of sp³-hybridized carbons (Fsp3) is 0.269. The van der Waals surface area contributed by atoms with E-state index >= 15 is 0 Å². The van der Waals surface area contributed by atoms with E-state index in [1.54, 1.807) is 0 Å². The Kier molecular flexibility index (Phi) is 6.13. The molecular weight excluding hydrogens is 446 g/mol. The quantitative estimate of drug-likeness (QED) is 0.387. The van der Waals surface area contributed by atoms with Crippen LogP contribution in [0.5, 0.6) is 0 Å². The number of nitrogens with zero attached hydrogens (tertiary/aromatic N) is 4. The summed E-state index contributed by atoms with van der Waals surface area (Å²) in [6, 6.07) is 17.1. The number of carbonyl (C=O) groups is 2. The van der Waals surface area contributed by atoms with Crippen molar-refractivity contribution in [2.24, 2.45) is 5.92 Å². The van der Waals surface area contributed by atoms with Gasteiger partial charge < -0.3 is 14.5 Å². The van der Waals surface area contributed by atoms with Crippen molar-refractivity contribution in [1.29, 1.82) is 0 Å². The topological polar surface area (TPSA) is 112 Å². The van der Waals surface area contributed by atoms with Crippen LogP contribution in [0.15, 0.2) is 65.2 Å². The molecule has 35 heavy (non-hydrogen) atoms. The highest BCUT2D eigenvalue weighted by Gasteiger charge is 2.30. The summed E-state index contributed by atoms with van der Waals surface area (Å²) >= 11 is 0. The van der Waals surface area contributed by atoms with E-state index in [1.165, 1.54) is 18.0 Å². The largest absolute Gasteiger partial charge is 0.463 e. The second-order valence-corrected chi connectivity index (χ2v) is 8.60. The van der Waals surface area contributed by atoms with E-state index in [1.807, 2.05) is 61.5 Å². The van der Waals surface area contributed by atoms with Crippen molar-refractivity contribution in [2.45, 2.75) is 32.4 Å². The fourth-order valence-electron chi connectivity index (χ4n) is 3.87. The molecule has 2 aromatic heterocycles. The number of hydrogen-bond acceptors (Lipinski definition) is 7. The van der Waals surface area contributed by atoms with E-state index < -0.39 is 5.97 Å². The van der Waals surface area contributed by atoms with Crippen molar-refractivity contribution in [2.75, 3.05) is 7.11 Å². The maximum atomic E-state index is 12.5. The minimum atomic E-state index is -0.570. The summed E-state index contributed by atoms with van der Waals surface area (Å²) in [5.41, 5.74) is 2.31. The number of amides is 1. The molecule has 5 rings (SSSR count). The van der Waals surface area contributed by atoms with Crippen LogP contribution >= 0.6 is 0 Å². The van der Waals surface area contributed by atoms with Crippen molar-refractivity contribution in [3.63, 3.8) is 0 Å². The molecule has 1 fully saturated rings. The van der Waals surface area contributed by atoms with Crippen LogP contribution in [-0.2, 0) is 11.3 Å². The molecule has 9 nitrogen and oxygen atoms in total. The number of ether oxygens (including phenoxy) is 1. The van der Waals surface area contributed by atoms with Crippen LogP contribution in [0.4, 0.5) is 0 Å². The van der Waals surface area contributed by atoms with Crippen molar-refractivity contribution in [3.8, 4) is 22.8 Å². The van der Waals surface area contributed by atoms with E-state index in [-0.39, 0.29) is 23.5 Å². The zero-order valence-corrected chi connectivity index (χ0v) is 19.5. The van der Waals surface area contributed by atoms with Crippen LogP contribution in [0.25, 0.3) is 22.8 Å². The summed E-state index contributed by atoms with van der Waals surface area (Å²) in [4.78, 5) is 33.5. The Balaban J connectivity index is 1.40. The lowest BCUT2D eigenvalue weighted by atomic mass is 10.1. The first-order valence-corrected chi connectivity index (χ1v) is 11.5. The van der Waals surface area contributed by atoms with Gasteiger partial charge in [-0.2, -0.15) is 0 Å². The van der Waals surface area contributed by atoms with E-state index in [0.717, 1.165) is 18.4 Å². The van der Waals surface area contributed by atoms with E-state index in [4.69, 9.17) is 9.15 Å². The van der Waals surface area contributed by atoms with Crippen LogP contribution in [0.1, 0.15) is 46.5 Å². The molecule has 9 heteroatoms. The summed E-state index contributed by atoms with van der Waals surface area (Å²) in [5, 5.41) is 7.52. The van der Waals surface area contributed by atoms with Crippen LogP contribution in [0.2, 0.25) is 0 Å². The average molecular weight is 472 g/mol. The van der Waals surface area contributed by atoms with Crippen molar-refractivity contribution < 1.29 is 18.7 Å². The molecule has 1 saturated carbocycles. The van der Waals surface area contributed by atoms with Gasteiger partial charge in [-0.05, 0) is 43.4 Å². The zero-order valence-electron chi connectivity index (χ0n) is 19.5. The first-order chi connectivity index (χ1) is 17.0. The van der Waals surface area contributed by atoms with Crippen molar-refractivity contribution >= 4 is 11.9 Å².